The lowest BCUT2D eigenvalue weighted by molar-refractivity contribution is -0.228. The van der Waals surface area contributed by atoms with Crippen molar-refractivity contribution in [2.45, 2.75) is 57.8 Å². The average Bonchev–Trinajstić information content (AvgIpc) is 2.39. The highest BCUT2D eigenvalue weighted by molar-refractivity contribution is 5.70. The number of rotatable bonds is 0. The lowest BCUT2D eigenvalue weighted by Gasteiger charge is -2.43. The Morgan fingerprint density at radius 3 is 2.81 bits per heavy atom. The van der Waals surface area contributed by atoms with E-state index in [0.717, 1.165) is 12.3 Å². The molecule has 3 fully saturated rings. The number of ether oxygens (including phenoxy) is 2. The maximum Gasteiger partial charge on any atom is 0.308 e. The lowest BCUT2D eigenvalue weighted by Crippen LogP contribution is -2.45. The second-order valence-electron chi connectivity index (χ2n) is 5.61. The molecule has 2 saturated heterocycles. The van der Waals surface area contributed by atoms with Gasteiger partial charge in [-0.2, -0.15) is 0 Å². The van der Waals surface area contributed by atoms with E-state index in [4.69, 9.17) is 9.47 Å². The van der Waals surface area contributed by atoms with Gasteiger partial charge in [-0.3, -0.25) is 4.79 Å². The van der Waals surface area contributed by atoms with Crippen LogP contribution in [0.25, 0.3) is 0 Å². The largest absolute Gasteiger partial charge is 0.435 e. The van der Waals surface area contributed by atoms with Crippen LogP contribution in [-0.4, -0.2) is 18.4 Å². The van der Waals surface area contributed by atoms with Crippen molar-refractivity contribution >= 4 is 5.97 Å². The Bertz CT molecular complexity index is 289. The Balaban J connectivity index is 1.86. The first-order valence-corrected chi connectivity index (χ1v) is 6.59. The van der Waals surface area contributed by atoms with Crippen molar-refractivity contribution in [3.63, 3.8) is 0 Å². The summed E-state index contributed by atoms with van der Waals surface area (Å²) in [6, 6.07) is 0. The third-order valence-corrected chi connectivity index (χ3v) is 4.54. The van der Waals surface area contributed by atoms with Gasteiger partial charge in [-0.1, -0.05) is 6.42 Å². The summed E-state index contributed by atoms with van der Waals surface area (Å²) in [5.41, 5.74) is 0. The highest BCUT2D eigenvalue weighted by Crippen LogP contribution is 2.46. The molecule has 0 radical (unpaired) electrons. The Kier molecular flexibility index (Phi) is 2.66. The Morgan fingerprint density at radius 2 is 1.94 bits per heavy atom. The molecule has 16 heavy (non-hydrogen) atoms. The Hall–Kier alpha value is -0.570. The zero-order chi connectivity index (χ0) is 11.1. The summed E-state index contributed by atoms with van der Waals surface area (Å²) in [7, 11) is 0. The number of hydrogen-bond donors (Lipinski definition) is 0. The molecule has 90 valence electrons. The molecule has 3 aliphatic rings. The van der Waals surface area contributed by atoms with Gasteiger partial charge in [0.25, 0.3) is 0 Å². The zero-order valence-electron chi connectivity index (χ0n) is 9.85. The monoisotopic (exact) mass is 224 g/mol. The molecular formula is C13H20O3. The normalized spacial score (nSPS) is 47.8. The smallest absolute Gasteiger partial charge is 0.308 e. The molecule has 1 saturated carbocycles. The maximum atomic E-state index is 11.5. The fraction of sp³-hybridized carbons (Fsp3) is 0.923. The van der Waals surface area contributed by atoms with Gasteiger partial charge in [0, 0.05) is 12.3 Å². The minimum absolute atomic E-state index is 0.0546. The van der Waals surface area contributed by atoms with Gasteiger partial charge >= 0.3 is 5.97 Å². The second kappa shape index (κ2) is 4.02. The van der Waals surface area contributed by atoms with Crippen LogP contribution in [0.5, 0.6) is 0 Å². The van der Waals surface area contributed by atoms with E-state index in [-0.39, 0.29) is 18.4 Å². The summed E-state index contributed by atoms with van der Waals surface area (Å²) >= 11 is 0. The highest BCUT2D eigenvalue weighted by atomic mass is 16.7. The first-order chi connectivity index (χ1) is 7.74. The summed E-state index contributed by atoms with van der Waals surface area (Å²) in [6.07, 6.45) is 6.74. The average molecular weight is 224 g/mol. The van der Waals surface area contributed by atoms with Gasteiger partial charge in [0.1, 0.15) is 0 Å². The molecule has 3 nitrogen and oxygen atoms in total. The molecule has 0 amide bonds. The molecule has 3 rings (SSSR count). The van der Waals surface area contributed by atoms with Crippen LogP contribution in [0.15, 0.2) is 0 Å². The third-order valence-electron chi connectivity index (χ3n) is 4.54. The van der Waals surface area contributed by atoms with E-state index in [9.17, 15) is 4.79 Å². The van der Waals surface area contributed by atoms with Gasteiger partial charge in [-0.15, -0.1) is 0 Å². The van der Waals surface area contributed by atoms with Crippen LogP contribution in [0.2, 0.25) is 0 Å². The fourth-order valence-electron chi connectivity index (χ4n) is 3.77. The maximum absolute atomic E-state index is 11.5. The number of carbonyl (C=O) groups is 1. The first kappa shape index (κ1) is 10.6. The highest BCUT2D eigenvalue weighted by Gasteiger charge is 2.47. The van der Waals surface area contributed by atoms with E-state index >= 15 is 0 Å². The van der Waals surface area contributed by atoms with E-state index in [0.29, 0.717) is 18.3 Å². The summed E-state index contributed by atoms with van der Waals surface area (Å²) in [4.78, 5) is 11.5. The molecule has 0 aromatic rings. The SMILES string of the molecule is CC1CCC2CCC[C@H]3CC(=O)OC(O1)C23. The van der Waals surface area contributed by atoms with E-state index in [1.54, 1.807) is 0 Å². The third kappa shape index (κ3) is 1.75. The fourth-order valence-corrected chi connectivity index (χ4v) is 3.77. The van der Waals surface area contributed by atoms with E-state index < -0.39 is 0 Å². The molecule has 1 aliphatic carbocycles. The van der Waals surface area contributed by atoms with Crippen LogP contribution in [0.4, 0.5) is 0 Å². The van der Waals surface area contributed by atoms with E-state index in [1.807, 2.05) is 0 Å². The molecule has 0 aromatic heterocycles. The van der Waals surface area contributed by atoms with E-state index in [1.165, 1.54) is 25.7 Å². The molecule has 5 atom stereocenters. The predicted octanol–water partition coefficient (Wildman–Crippen LogP) is 2.49. The molecular weight excluding hydrogens is 204 g/mol. The van der Waals surface area contributed by atoms with Crippen LogP contribution in [-0.2, 0) is 14.3 Å². The minimum atomic E-state index is -0.242. The molecule has 0 aromatic carbocycles. The van der Waals surface area contributed by atoms with Crippen molar-refractivity contribution in [2.75, 3.05) is 0 Å². The summed E-state index contributed by atoms with van der Waals surface area (Å²) < 4.78 is 11.3. The van der Waals surface area contributed by atoms with Crippen LogP contribution in [0.1, 0.15) is 45.4 Å². The summed E-state index contributed by atoms with van der Waals surface area (Å²) in [5.74, 6) is 1.68. The summed E-state index contributed by atoms with van der Waals surface area (Å²) in [5, 5.41) is 0. The standard InChI is InChI=1S/C13H20O3/c1-8-5-6-9-3-2-4-10-7-11(14)16-13(15-8)12(9)10/h8-10,12-13H,2-7H2,1H3/t8?,9?,10-,12?,13?/m0/s1. The number of hydrogen-bond acceptors (Lipinski definition) is 3. The van der Waals surface area contributed by atoms with Gasteiger partial charge in [-0.05, 0) is 44.4 Å². The predicted molar refractivity (Wildman–Crippen MR) is 58.6 cm³/mol. The van der Waals surface area contributed by atoms with Crippen molar-refractivity contribution in [3.05, 3.63) is 0 Å². The van der Waals surface area contributed by atoms with Crippen molar-refractivity contribution in [2.24, 2.45) is 17.8 Å². The van der Waals surface area contributed by atoms with Crippen LogP contribution < -0.4 is 0 Å². The number of esters is 1. The van der Waals surface area contributed by atoms with Crippen molar-refractivity contribution in [3.8, 4) is 0 Å². The van der Waals surface area contributed by atoms with E-state index in [2.05, 4.69) is 6.92 Å². The van der Waals surface area contributed by atoms with Crippen LogP contribution in [0.3, 0.4) is 0 Å². The minimum Gasteiger partial charge on any atom is -0.435 e. The van der Waals surface area contributed by atoms with Gasteiger partial charge in [0.05, 0.1) is 6.10 Å². The van der Waals surface area contributed by atoms with Crippen molar-refractivity contribution in [1.82, 2.24) is 0 Å². The van der Waals surface area contributed by atoms with Crippen molar-refractivity contribution < 1.29 is 14.3 Å². The molecule has 0 N–H and O–H groups in total. The first-order valence-electron chi connectivity index (χ1n) is 6.59. The van der Waals surface area contributed by atoms with Gasteiger partial charge < -0.3 is 9.47 Å². The molecule has 2 aliphatic heterocycles. The molecule has 2 heterocycles. The second-order valence-corrected chi connectivity index (χ2v) is 5.61. The Labute approximate surface area is 96.5 Å². The van der Waals surface area contributed by atoms with Crippen molar-refractivity contribution in [1.29, 1.82) is 0 Å². The summed E-state index contributed by atoms with van der Waals surface area (Å²) in [6.45, 7) is 2.09. The number of carbonyl (C=O) groups excluding carboxylic acids is 1. The molecule has 0 spiro atoms. The zero-order valence-corrected chi connectivity index (χ0v) is 9.85. The van der Waals surface area contributed by atoms with Crippen LogP contribution >= 0.6 is 0 Å². The molecule has 0 bridgehead atoms. The topological polar surface area (TPSA) is 35.5 Å². The lowest BCUT2D eigenvalue weighted by atomic mass is 9.68. The molecule has 4 unspecified atom stereocenters. The quantitative estimate of drug-likeness (QED) is 0.593. The molecule has 3 heteroatoms. The van der Waals surface area contributed by atoms with Gasteiger partial charge in [0.15, 0.2) is 0 Å². The van der Waals surface area contributed by atoms with Crippen LogP contribution in [0, 0.1) is 17.8 Å². The van der Waals surface area contributed by atoms with Gasteiger partial charge in [0.2, 0.25) is 6.29 Å². The Morgan fingerprint density at radius 1 is 1.12 bits per heavy atom. The van der Waals surface area contributed by atoms with Gasteiger partial charge in [-0.25, -0.2) is 0 Å².